The van der Waals surface area contributed by atoms with E-state index >= 15 is 0 Å². The fraction of sp³-hybridized carbons (Fsp3) is 0.333. The first-order chi connectivity index (χ1) is 10.3. The second-order valence-electron chi connectivity index (χ2n) is 5.62. The van der Waals surface area contributed by atoms with Gasteiger partial charge in [0.2, 0.25) is 0 Å². The van der Waals surface area contributed by atoms with Crippen molar-refractivity contribution in [1.82, 2.24) is 4.90 Å². The summed E-state index contributed by atoms with van der Waals surface area (Å²) in [5.41, 5.74) is 10.1. The molecule has 1 unspecified atom stereocenters. The number of aryl methyl sites for hydroxylation is 1. The summed E-state index contributed by atoms with van der Waals surface area (Å²) in [5, 5.41) is 0.811. The van der Waals surface area contributed by atoms with Crippen LogP contribution in [0.1, 0.15) is 29.2 Å². The number of hydrogen-bond acceptors (Lipinski definition) is 2. The Labute approximate surface area is 131 Å². The number of hydrogen-bond donors (Lipinski definition) is 1. The number of nitrogens with two attached hydrogens (primary N) is 1. The molecule has 0 aliphatic carbocycles. The second-order valence-corrected chi connectivity index (χ2v) is 6.02. The van der Waals surface area contributed by atoms with Crippen LogP contribution in [0.25, 0.3) is 0 Å². The van der Waals surface area contributed by atoms with E-state index in [0.29, 0.717) is 6.54 Å². The van der Waals surface area contributed by atoms with Gasteiger partial charge in [0, 0.05) is 24.2 Å². The number of fused-ring (bicyclic) bond motifs is 1. The molecule has 2 aromatic rings. The third-order valence-corrected chi connectivity index (χ3v) is 4.66. The highest BCUT2D eigenvalue weighted by Crippen LogP contribution is 2.30. The highest BCUT2D eigenvalue weighted by molar-refractivity contribution is 6.31. The summed E-state index contributed by atoms with van der Waals surface area (Å²) in [5.74, 6) is 0. The van der Waals surface area contributed by atoms with E-state index in [1.807, 2.05) is 18.2 Å². The van der Waals surface area contributed by atoms with Gasteiger partial charge in [0.05, 0.1) is 0 Å². The fourth-order valence-corrected chi connectivity index (χ4v) is 3.47. The van der Waals surface area contributed by atoms with Gasteiger partial charge in [-0.2, -0.15) is 0 Å². The summed E-state index contributed by atoms with van der Waals surface area (Å²) >= 11 is 6.38. The highest BCUT2D eigenvalue weighted by Gasteiger charge is 2.23. The molecule has 0 fully saturated rings. The summed E-state index contributed by atoms with van der Waals surface area (Å²) in [6.45, 7) is 2.59. The molecule has 0 bridgehead atoms. The van der Waals surface area contributed by atoms with Crippen LogP contribution in [0, 0.1) is 0 Å². The Bertz CT molecular complexity index is 612. The third-order valence-electron chi connectivity index (χ3n) is 4.31. The van der Waals surface area contributed by atoms with Crippen molar-refractivity contribution in [2.24, 2.45) is 5.73 Å². The molecule has 110 valence electrons. The van der Waals surface area contributed by atoms with Gasteiger partial charge in [0.25, 0.3) is 0 Å². The van der Waals surface area contributed by atoms with Gasteiger partial charge < -0.3 is 5.73 Å². The predicted octanol–water partition coefficient (Wildman–Crippen LogP) is 3.79. The number of rotatable bonds is 3. The average Bonchev–Trinajstić information content (AvgIpc) is 2.72. The first-order valence-electron chi connectivity index (χ1n) is 7.55. The zero-order chi connectivity index (χ0) is 14.7. The quantitative estimate of drug-likeness (QED) is 0.934. The second kappa shape index (κ2) is 6.61. The predicted molar refractivity (Wildman–Crippen MR) is 88.4 cm³/mol. The zero-order valence-electron chi connectivity index (χ0n) is 12.1. The van der Waals surface area contributed by atoms with Crippen LogP contribution in [0.4, 0.5) is 0 Å². The van der Waals surface area contributed by atoms with Crippen LogP contribution in [-0.2, 0) is 13.0 Å². The van der Waals surface area contributed by atoms with E-state index in [2.05, 4.69) is 35.2 Å². The molecule has 0 amide bonds. The van der Waals surface area contributed by atoms with Gasteiger partial charge >= 0.3 is 0 Å². The molecule has 2 nitrogen and oxygen atoms in total. The van der Waals surface area contributed by atoms with Gasteiger partial charge in [-0.15, -0.1) is 0 Å². The molecule has 1 heterocycles. The molecule has 1 atom stereocenters. The topological polar surface area (TPSA) is 29.3 Å². The Hall–Kier alpha value is -1.35. The summed E-state index contributed by atoms with van der Waals surface area (Å²) < 4.78 is 0. The van der Waals surface area contributed by atoms with Crippen molar-refractivity contribution in [2.75, 3.05) is 13.1 Å². The maximum Gasteiger partial charge on any atom is 0.0488 e. The Morgan fingerprint density at radius 1 is 1.05 bits per heavy atom. The molecule has 3 heteroatoms. The molecule has 0 spiro atoms. The van der Waals surface area contributed by atoms with Crippen molar-refractivity contribution in [3.63, 3.8) is 0 Å². The molecule has 3 rings (SSSR count). The Morgan fingerprint density at radius 2 is 1.76 bits per heavy atom. The van der Waals surface area contributed by atoms with Crippen molar-refractivity contribution in [3.8, 4) is 0 Å². The van der Waals surface area contributed by atoms with E-state index in [1.54, 1.807) is 0 Å². The van der Waals surface area contributed by atoms with Gasteiger partial charge in [0.15, 0.2) is 0 Å². The number of halogens is 1. The van der Waals surface area contributed by atoms with Crippen LogP contribution in [0.15, 0.2) is 48.5 Å². The largest absolute Gasteiger partial charge is 0.329 e. The van der Waals surface area contributed by atoms with Gasteiger partial charge in [-0.05, 0) is 42.1 Å². The average molecular weight is 301 g/mol. The fourth-order valence-electron chi connectivity index (χ4n) is 3.21. The van der Waals surface area contributed by atoms with Crippen LogP contribution >= 0.6 is 11.6 Å². The third kappa shape index (κ3) is 3.13. The van der Waals surface area contributed by atoms with Crippen LogP contribution < -0.4 is 5.73 Å². The van der Waals surface area contributed by atoms with Crippen LogP contribution in [-0.4, -0.2) is 18.0 Å². The smallest absolute Gasteiger partial charge is 0.0488 e. The van der Waals surface area contributed by atoms with E-state index < -0.39 is 0 Å². The summed E-state index contributed by atoms with van der Waals surface area (Å²) in [6, 6.07) is 17.0. The minimum absolute atomic E-state index is 0.185. The molecular weight excluding hydrogens is 280 g/mol. The number of nitrogens with zero attached hydrogens (tertiary/aromatic N) is 1. The Balaban J connectivity index is 1.90. The summed E-state index contributed by atoms with van der Waals surface area (Å²) in [6.07, 6.45) is 2.31. The first-order valence-corrected chi connectivity index (χ1v) is 7.92. The van der Waals surface area contributed by atoms with Crippen molar-refractivity contribution in [2.45, 2.75) is 25.4 Å². The van der Waals surface area contributed by atoms with Crippen LogP contribution in [0.2, 0.25) is 5.02 Å². The van der Waals surface area contributed by atoms with Crippen molar-refractivity contribution < 1.29 is 0 Å². The molecule has 0 saturated carbocycles. The minimum atomic E-state index is 0.185. The van der Waals surface area contributed by atoms with Gasteiger partial charge in [-0.3, -0.25) is 4.90 Å². The van der Waals surface area contributed by atoms with Crippen LogP contribution in [0.3, 0.4) is 0 Å². The van der Waals surface area contributed by atoms with Crippen molar-refractivity contribution in [1.29, 1.82) is 0 Å². The van der Waals surface area contributed by atoms with Gasteiger partial charge in [-0.1, -0.05) is 54.1 Å². The zero-order valence-corrected chi connectivity index (χ0v) is 12.9. The van der Waals surface area contributed by atoms with E-state index in [0.717, 1.165) is 36.5 Å². The lowest BCUT2D eigenvalue weighted by Crippen LogP contribution is -2.33. The van der Waals surface area contributed by atoms with E-state index in [4.69, 9.17) is 17.3 Å². The minimum Gasteiger partial charge on any atom is -0.329 e. The van der Waals surface area contributed by atoms with Crippen LogP contribution in [0.5, 0.6) is 0 Å². The Kier molecular flexibility index (Phi) is 4.59. The normalized spacial score (nSPS) is 17.0. The molecule has 1 aliphatic heterocycles. The molecule has 2 N–H and O–H groups in total. The Morgan fingerprint density at radius 3 is 2.52 bits per heavy atom. The maximum absolute atomic E-state index is 6.38. The summed E-state index contributed by atoms with van der Waals surface area (Å²) in [4.78, 5) is 2.47. The van der Waals surface area contributed by atoms with Crippen molar-refractivity contribution in [3.05, 3.63) is 70.2 Å². The highest BCUT2D eigenvalue weighted by atomic mass is 35.5. The van der Waals surface area contributed by atoms with Gasteiger partial charge in [-0.25, -0.2) is 0 Å². The SMILES string of the molecule is NCC(c1ccccc1Cl)N1CCCc2ccccc2C1. The van der Waals surface area contributed by atoms with Gasteiger partial charge in [0.1, 0.15) is 0 Å². The molecule has 0 radical (unpaired) electrons. The standard InChI is InChI=1S/C18H21ClN2/c19-17-10-4-3-9-16(17)18(12-20)21-11-5-8-14-6-1-2-7-15(14)13-21/h1-4,6-7,9-10,18H,5,8,11-13,20H2. The van der Waals surface area contributed by atoms with E-state index in [9.17, 15) is 0 Å². The summed E-state index contributed by atoms with van der Waals surface area (Å²) in [7, 11) is 0. The maximum atomic E-state index is 6.38. The number of benzene rings is 2. The lowest BCUT2D eigenvalue weighted by atomic mass is 10.0. The molecular formula is C18H21ClN2. The first kappa shape index (κ1) is 14.6. The molecule has 2 aromatic carbocycles. The monoisotopic (exact) mass is 300 g/mol. The lowest BCUT2D eigenvalue weighted by molar-refractivity contribution is 0.196. The molecule has 0 saturated heterocycles. The van der Waals surface area contributed by atoms with E-state index in [-0.39, 0.29) is 6.04 Å². The molecule has 21 heavy (non-hydrogen) atoms. The van der Waals surface area contributed by atoms with E-state index in [1.165, 1.54) is 11.1 Å². The van der Waals surface area contributed by atoms with Crippen molar-refractivity contribution >= 4 is 11.6 Å². The lowest BCUT2D eigenvalue weighted by Gasteiger charge is -2.31. The molecule has 0 aromatic heterocycles. The molecule has 1 aliphatic rings.